The van der Waals surface area contributed by atoms with Crippen LogP contribution >= 0.6 is 15.9 Å². The summed E-state index contributed by atoms with van der Waals surface area (Å²) in [6, 6.07) is 2.17. The van der Waals surface area contributed by atoms with Crippen molar-refractivity contribution in [1.82, 2.24) is 14.9 Å². The molecule has 1 aromatic rings. The van der Waals surface area contributed by atoms with E-state index in [0.29, 0.717) is 6.54 Å². The Morgan fingerprint density at radius 3 is 2.44 bits per heavy atom. The van der Waals surface area contributed by atoms with Crippen molar-refractivity contribution in [1.29, 1.82) is 5.26 Å². The predicted molar refractivity (Wildman–Crippen MR) is 64.0 cm³/mol. The maximum Gasteiger partial charge on any atom is 0.225 e. The molecular formula is C10H12BrN5. The minimum Gasteiger partial charge on any atom is -0.338 e. The number of anilines is 1. The summed E-state index contributed by atoms with van der Waals surface area (Å²) in [7, 11) is 0. The van der Waals surface area contributed by atoms with Crippen molar-refractivity contribution in [2.24, 2.45) is 0 Å². The summed E-state index contributed by atoms with van der Waals surface area (Å²) in [5.74, 6) is 0.764. The van der Waals surface area contributed by atoms with Gasteiger partial charge >= 0.3 is 0 Å². The Bertz CT molecular complexity index is 377. The van der Waals surface area contributed by atoms with Crippen LogP contribution in [0.1, 0.15) is 0 Å². The molecule has 1 aliphatic rings. The molecule has 1 fully saturated rings. The molecule has 0 spiro atoms. The summed E-state index contributed by atoms with van der Waals surface area (Å²) in [5, 5.41) is 8.60. The molecule has 5 nitrogen and oxygen atoms in total. The maximum absolute atomic E-state index is 8.60. The fraction of sp³-hybridized carbons (Fsp3) is 0.500. The lowest BCUT2D eigenvalue weighted by atomic mass is 10.3. The number of nitrogens with zero attached hydrogens (tertiary/aromatic N) is 5. The molecule has 0 aliphatic carbocycles. The first-order chi connectivity index (χ1) is 7.79. The van der Waals surface area contributed by atoms with Gasteiger partial charge in [0, 0.05) is 38.6 Å². The van der Waals surface area contributed by atoms with Gasteiger partial charge in [0.1, 0.15) is 0 Å². The van der Waals surface area contributed by atoms with E-state index in [1.165, 1.54) is 0 Å². The van der Waals surface area contributed by atoms with E-state index in [9.17, 15) is 0 Å². The molecule has 0 amide bonds. The number of piperazine rings is 1. The third-order valence-corrected chi connectivity index (χ3v) is 2.97. The van der Waals surface area contributed by atoms with Crippen molar-refractivity contribution in [3.05, 3.63) is 16.9 Å². The van der Waals surface area contributed by atoms with Crippen LogP contribution in [-0.2, 0) is 0 Å². The first-order valence-corrected chi connectivity index (χ1v) is 5.90. The third-order valence-electron chi connectivity index (χ3n) is 2.56. The molecule has 0 bridgehead atoms. The van der Waals surface area contributed by atoms with Crippen LogP contribution in [0, 0.1) is 11.3 Å². The van der Waals surface area contributed by atoms with Crippen LogP contribution in [0.15, 0.2) is 16.9 Å². The second-order valence-electron chi connectivity index (χ2n) is 3.62. The fourth-order valence-corrected chi connectivity index (χ4v) is 1.88. The minimum absolute atomic E-state index is 0.509. The summed E-state index contributed by atoms with van der Waals surface area (Å²) in [4.78, 5) is 12.8. The van der Waals surface area contributed by atoms with Crippen LogP contribution in [0.25, 0.3) is 0 Å². The van der Waals surface area contributed by atoms with Crippen molar-refractivity contribution < 1.29 is 0 Å². The molecule has 0 N–H and O–H groups in total. The Kier molecular flexibility index (Phi) is 3.70. The summed E-state index contributed by atoms with van der Waals surface area (Å²) in [5.41, 5.74) is 0. The molecule has 2 heterocycles. The van der Waals surface area contributed by atoms with Gasteiger partial charge in [-0.15, -0.1) is 0 Å². The molecule has 2 rings (SSSR count). The smallest absolute Gasteiger partial charge is 0.225 e. The summed E-state index contributed by atoms with van der Waals surface area (Å²) in [6.07, 6.45) is 3.51. The maximum atomic E-state index is 8.60. The second kappa shape index (κ2) is 5.23. The topological polar surface area (TPSA) is 56.1 Å². The Labute approximate surface area is 103 Å². The second-order valence-corrected chi connectivity index (χ2v) is 4.54. The molecule has 0 aromatic carbocycles. The highest BCUT2D eigenvalue weighted by molar-refractivity contribution is 9.10. The van der Waals surface area contributed by atoms with Crippen LogP contribution in [0.3, 0.4) is 0 Å². The van der Waals surface area contributed by atoms with E-state index in [4.69, 9.17) is 5.26 Å². The number of nitriles is 1. The van der Waals surface area contributed by atoms with Crippen molar-refractivity contribution in [2.75, 3.05) is 37.6 Å². The van der Waals surface area contributed by atoms with Crippen molar-refractivity contribution in [3.63, 3.8) is 0 Å². The van der Waals surface area contributed by atoms with Crippen molar-refractivity contribution >= 4 is 21.9 Å². The van der Waals surface area contributed by atoms with Crippen molar-refractivity contribution in [2.45, 2.75) is 0 Å². The first kappa shape index (κ1) is 11.3. The average Bonchev–Trinajstić information content (AvgIpc) is 2.32. The predicted octanol–water partition coefficient (Wildman–Crippen LogP) is 0.885. The fourth-order valence-electron chi connectivity index (χ4n) is 1.67. The third kappa shape index (κ3) is 2.68. The lowest BCUT2D eigenvalue weighted by molar-refractivity contribution is 0.285. The molecule has 0 unspecified atom stereocenters. The van der Waals surface area contributed by atoms with Crippen LogP contribution < -0.4 is 4.90 Å². The highest BCUT2D eigenvalue weighted by Gasteiger charge is 2.18. The van der Waals surface area contributed by atoms with E-state index in [2.05, 4.69) is 41.8 Å². The lowest BCUT2D eigenvalue weighted by Crippen LogP contribution is -2.47. The van der Waals surface area contributed by atoms with E-state index < -0.39 is 0 Å². The largest absolute Gasteiger partial charge is 0.338 e. The molecule has 1 saturated heterocycles. The molecule has 6 heteroatoms. The molecule has 16 heavy (non-hydrogen) atoms. The normalized spacial score (nSPS) is 17.1. The zero-order valence-corrected chi connectivity index (χ0v) is 10.4. The highest BCUT2D eigenvalue weighted by atomic mass is 79.9. The quantitative estimate of drug-likeness (QED) is 0.754. The van der Waals surface area contributed by atoms with Gasteiger partial charge in [-0.3, -0.25) is 4.90 Å². The molecule has 1 aromatic heterocycles. The van der Waals surface area contributed by atoms with Gasteiger partial charge in [-0.1, -0.05) is 0 Å². The molecule has 0 radical (unpaired) electrons. The van der Waals surface area contributed by atoms with Gasteiger partial charge in [0.05, 0.1) is 17.1 Å². The zero-order valence-electron chi connectivity index (χ0n) is 8.80. The molecular weight excluding hydrogens is 270 g/mol. The Morgan fingerprint density at radius 2 is 1.88 bits per heavy atom. The van der Waals surface area contributed by atoms with E-state index in [1.54, 1.807) is 12.4 Å². The number of halogens is 1. The van der Waals surface area contributed by atoms with Gasteiger partial charge in [0.25, 0.3) is 0 Å². The summed E-state index contributed by atoms with van der Waals surface area (Å²) < 4.78 is 0.888. The van der Waals surface area contributed by atoms with Gasteiger partial charge in [-0.25, -0.2) is 9.97 Å². The van der Waals surface area contributed by atoms with E-state index >= 15 is 0 Å². The van der Waals surface area contributed by atoms with Crippen LogP contribution in [-0.4, -0.2) is 47.6 Å². The van der Waals surface area contributed by atoms with Gasteiger partial charge in [0.15, 0.2) is 0 Å². The van der Waals surface area contributed by atoms with Crippen LogP contribution in [0.4, 0.5) is 5.95 Å². The summed E-state index contributed by atoms with van der Waals surface area (Å²) >= 11 is 3.31. The van der Waals surface area contributed by atoms with Crippen molar-refractivity contribution in [3.8, 4) is 6.07 Å². The number of hydrogen-bond donors (Lipinski definition) is 0. The Balaban J connectivity index is 1.94. The van der Waals surface area contributed by atoms with Gasteiger partial charge in [-0.2, -0.15) is 5.26 Å². The Morgan fingerprint density at radius 1 is 1.25 bits per heavy atom. The first-order valence-electron chi connectivity index (χ1n) is 5.11. The number of aromatic nitrogens is 2. The van der Waals surface area contributed by atoms with Gasteiger partial charge in [0.2, 0.25) is 5.95 Å². The Hall–Kier alpha value is -1.19. The van der Waals surface area contributed by atoms with Gasteiger partial charge in [-0.05, 0) is 15.9 Å². The standard InChI is InChI=1S/C10H12BrN5/c11-9-7-13-10(14-8-9)16-5-3-15(2-1-12)4-6-16/h7-8H,2-6H2. The lowest BCUT2D eigenvalue weighted by Gasteiger charge is -2.33. The number of hydrogen-bond acceptors (Lipinski definition) is 5. The van der Waals surface area contributed by atoms with Crippen LogP contribution in [0.2, 0.25) is 0 Å². The zero-order chi connectivity index (χ0) is 11.4. The van der Waals surface area contributed by atoms with E-state index in [1.807, 2.05) is 0 Å². The van der Waals surface area contributed by atoms with E-state index in [0.717, 1.165) is 36.6 Å². The molecule has 1 aliphatic heterocycles. The minimum atomic E-state index is 0.509. The molecule has 0 atom stereocenters. The average molecular weight is 282 g/mol. The number of rotatable bonds is 2. The molecule has 0 saturated carbocycles. The van der Waals surface area contributed by atoms with Gasteiger partial charge < -0.3 is 4.90 Å². The monoisotopic (exact) mass is 281 g/mol. The summed E-state index contributed by atoms with van der Waals surface area (Å²) in [6.45, 7) is 4.06. The molecule has 84 valence electrons. The van der Waals surface area contributed by atoms with Crippen LogP contribution in [0.5, 0.6) is 0 Å². The highest BCUT2D eigenvalue weighted by Crippen LogP contribution is 2.12. The van der Waals surface area contributed by atoms with E-state index in [-0.39, 0.29) is 0 Å². The SMILES string of the molecule is N#CCN1CCN(c2ncc(Br)cn2)CC1.